The van der Waals surface area contributed by atoms with Gasteiger partial charge >= 0.3 is 6.09 Å². The molecule has 3 saturated carbocycles. The summed E-state index contributed by atoms with van der Waals surface area (Å²) in [5.41, 5.74) is 13.4. The highest BCUT2D eigenvalue weighted by atomic mass is 35.5. The van der Waals surface area contributed by atoms with Gasteiger partial charge in [-0.2, -0.15) is 0 Å². The van der Waals surface area contributed by atoms with Crippen molar-refractivity contribution in [3.05, 3.63) is 11.6 Å². The van der Waals surface area contributed by atoms with Crippen molar-refractivity contribution >= 4 is 30.9 Å². The summed E-state index contributed by atoms with van der Waals surface area (Å²) in [5.74, 6) is 4.56. The number of allylic oxidation sites excluding steroid dienone is 1. The molecule has 0 radical (unpaired) electrons. The predicted octanol–water partition coefficient (Wildman–Crippen LogP) is 6.46. The molecule has 1 amide bonds. The first-order chi connectivity index (χ1) is 15.5. The molecule has 0 aliphatic heterocycles. The molecule has 0 aromatic rings. The quantitative estimate of drug-likeness (QED) is 0.369. The highest BCUT2D eigenvalue weighted by Crippen LogP contribution is 2.56. The van der Waals surface area contributed by atoms with E-state index < -0.39 is 0 Å². The molecule has 6 atom stereocenters. The van der Waals surface area contributed by atoms with E-state index >= 15 is 0 Å². The van der Waals surface area contributed by atoms with Crippen LogP contribution >= 0.6 is 24.8 Å². The Hall–Kier alpha value is -0.490. The van der Waals surface area contributed by atoms with E-state index in [1.54, 1.807) is 5.57 Å². The SMILES string of the molecule is CC(C)(N)CCN(CCC(C)(C)N)C(=O)OC1CCC2C(=CCC3C4CCCC4CCC23)C1.Cl.Cl. The molecule has 4 N–H and O–H groups in total. The van der Waals surface area contributed by atoms with Crippen LogP contribution in [0.25, 0.3) is 0 Å². The number of ether oxygens (including phenoxy) is 1. The summed E-state index contributed by atoms with van der Waals surface area (Å²) in [6, 6.07) is 0. The first-order valence-corrected chi connectivity index (χ1v) is 13.7. The maximum Gasteiger partial charge on any atom is 0.410 e. The molecular weight excluding hydrogens is 481 g/mol. The van der Waals surface area contributed by atoms with Crippen molar-refractivity contribution in [3.8, 4) is 0 Å². The van der Waals surface area contributed by atoms with Gasteiger partial charge in [0.25, 0.3) is 0 Å². The molecule has 3 fully saturated rings. The van der Waals surface area contributed by atoms with Crippen LogP contribution in [0.3, 0.4) is 0 Å². The average Bonchev–Trinajstić information content (AvgIpc) is 3.20. The Labute approximate surface area is 226 Å². The Kier molecular flexibility index (Phi) is 10.9. The number of amides is 1. The second kappa shape index (κ2) is 12.4. The van der Waals surface area contributed by atoms with Crippen molar-refractivity contribution < 1.29 is 9.53 Å². The van der Waals surface area contributed by atoms with E-state index in [-0.39, 0.29) is 48.1 Å². The van der Waals surface area contributed by atoms with Gasteiger partial charge in [0.05, 0.1) is 0 Å². The Morgan fingerprint density at radius 3 is 2.20 bits per heavy atom. The van der Waals surface area contributed by atoms with Gasteiger partial charge in [-0.1, -0.05) is 24.5 Å². The molecule has 5 nitrogen and oxygen atoms in total. The number of carbonyl (C=O) groups is 1. The summed E-state index contributed by atoms with van der Waals surface area (Å²) in [4.78, 5) is 15.0. The van der Waals surface area contributed by atoms with E-state index in [9.17, 15) is 4.79 Å². The fourth-order valence-corrected chi connectivity index (χ4v) is 7.31. The maximum absolute atomic E-state index is 13.2. The van der Waals surface area contributed by atoms with Gasteiger partial charge in [-0.25, -0.2) is 4.79 Å². The lowest BCUT2D eigenvalue weighted by Gasteiger charge is -2.49. The minimum Gasteiger partial charge on any atom is -0.446 e. The lowest BCUT2D eigenvalue weighted by Crippen LogP contribution is -2.45. The summed E-state index contributed by atoms with van der Waals surface area (Å²) >= 11 is 0. The van der Waals surface area contributed by atoms with E-state index in [0.29, 0.717) is 13.1 Å². The van der Waals surface area contributed by atoms with Crippen molar-refractivity contribution in [2.75, 3.05) is 13.1 Å². The van der Waals surface area contributed by atoms with Crippen LogP contribution in [0.15, 0.2) is 11.6 Å². The number of halogens is 2. The first-order valence-electron chi connectivity index (χ1n) is 13.7. The number of hydrogen-bond acceptors (Lipinski definition) is 4. The molecular formula is C28H51Cl2N3O2. The summed E-state index contributed by atoms with van der Waals surface area (Å²) in [6.45, 7) is 9.25. The van der Waals surface area contributed by atoms with Gasteiger partial charge in [0.2, 0.25) is 0 Å². The largest absolute Gasteiger partial charge is 0.446 e. The van der Waals surface area contributed by atoms with Gasteiger partial charge in [0.15, 0.2) is 0 Å². The summed E-state index contributed by atoms with van der Waals surface area (Å²) in [5, 5.41) is 0. The lowest BCUT2D eigenvalue weighted by molar-refractivity contribution is 0.0216. The van der Waals surface area contributed by atoms with Gasteiger partial charge in [0.1, 0.15) is 6.10 Å². The first kappa shape index (κ1) is 30.7. The molecule has 0 aromatic carbocycles. The second-order valence-electron chi connectivity index (χ2n) is 13.1. The summed E-state index contributed by atoms with van der Waals surface area (Å²) < 4.78 is 6.10. The Morgan fingerprint density at radius 2 is 1.57 bits per heavy atom. The third kappa shape index (κ3) is 7.99. The number of hydrogen-bond donors (Lipinski definition) is 2. The second-order valence-corrected chi connectivity index (χ2v) is 13.1. The Balaban J connectivity index is 0.00000216. The van der Waals surface area contributed by atoms with Crippen molar-refractivity contribution in [1.82, 2.24) is 4.90 Å². The van der Waals surface area contributed by atoms with Crippen LogP contribution in [0.2, 0.25) is 0 Å². The molecule has 6 unspecified atom stereocenters. The summed E-state index contributed by atoms with van der Waals surface area (Å²) in [6.07, 6.45) is 15.6. The van der Waals surface area contributed by atoms with Crippen LogP contribution in [-0.4, -0.2) is 41.3 Å². The third-order valence-electron chi connectivity index (χ3n) is 9.17. The topological polar surface area (TPSA) is 81.6 Å². The maximum atomic E-state index is 13.2. The van der Waals surface area contributed by atoms with Gasteiger partial charge < -0.3 is 21.1 Å². The Bertz CT molecular complexity index is 713. The van der Waals surface area contributed by atoms with Crippen LogP contribution < -0.4 is 11.5 Å². The Morgan fingerprint density at radius 1 is 0.914 bits per heavy atom. The van der Waals surface area contributed by atoms with Crippen LogP contribution in [0.4, 0.5) is 4.79 Å². The standard InChI is InChI=1S/C28H49N3O2.2ClH/c1-27(2,29)14-16-31(17-15-28(3,4)30)26(32)33-21-10-13-23-20(18-21)9-12-24-22-7-5-6-19(22)8-11-25(23)24;;/h9,19,21-25H,5-8,10-18,29-30H2,1-4H3;2*1H. The zero-order valence-electron chi connectivity index (χ0n) is 22.5. The predicted molar refractivity (Wildman–Crippen MR) is 149 cm³/mol. The molecule has 0 spiro atoms. The van der Waals surface area contributed by atoms with Gasteiger partial charge in [-0.3, -0.25) is 0 Å². The van der Waals surface area contributed by atoms with E-state index in [4.69, 9.17) is 16.2 Å². The van der Waals surface area contributed by atoms with Crippen molar-refractivity contribution in [1.29, 1.82) is 0 Å². The van der Waals surface area contributed by atoms with E-state index in [2.05, 4.69) is 6.08 Å². The molecule has 7 heteroatoms. The smallest absolute Gasteiger partial charge is 0.410 e. The van der Waals surface area contributed by atoms with Gasteiger partial charge in [-0.15, -0.1) is 24.8 Å². The zero-order valence-corrected chi connectivity index (χ0v) is 24.1. The number of rotatable bonds is 7. The number of carbonyl (C=O) groups excluding carboxylic acids is 1. The lowest BCUT2D eigenvalue weighted by atomic mass is 9.57. The fraction of sp³-hybridized carbons (Fsp3) is 0.893. The minimum atomic E-state index is -0.309. The number of fused-ring (bicyclic) bond motifs is 5. The van der Waals surface area contributed by atoms with Crippen LogP contribution in [0, 0.1) is 29.6 Å². The minimum absolute atomic E-state index is 0. The molecule has 4 aliphatic rings. The average molecular weight is 533 g/mol. The molecule has 0 heterocycles. The van der Waals surface area contributed by atoms with Crippen molar-refractivity contribution in [2.45, 2.75) is 116 Å². The van der Waals surface area contributed by atoms with Crippen molar-refractivity contribution in [3.63, 3.8) is 0 Å². The van der Waals surface area contributed by atoms with Crippen molar-refractivity contribution in [2.24, 2.45) is 41.1 Å². The van der Waals surface area contributed by atoms with Gasteiger partial charge in [-0.05, 0) is 109 Å². The molecule has 204 valence electrons. The van der Waals surface area contributed by atoms with E-state index in [1.165, 1.54) is 44.9 Å². The van der Waals surface area contributed by atoms with Crippen LogP contribution in [-0.2, 0) is 4.74 Å². The highest BCUT2D eigenvalue weighted by Gasteiger charge is 2.47. The zero-order chi connectivity index (χ0) is 23.8. The molecule has 4 aliphatic carbocycles. The third-order valence-corrected chi connectivity index (χ3v) is 9.17. The highest BCUT2D eigenvalue weighted by molar-refractivity contribution is 5.85. The van der Waals surface area contributed by atoms with Crippen LogP contribution in [0.5, 0.6) is 0 Å². The van der Waals surface area contributed by atoms with Gasteiger partial charge in [0, 0.05) is 30.6 Å². The van der Waals surface area contributed by atoms with Crippen LogP contribution in [0.1, 0.15) is 98.3 Å². The molecule has 35 heavy (non-hydrogen) atoms. The fourth-order valence-electron chi connectivity index (χ4n) is 7.31. The molecule has 0 saturated heterocycles. The van der Waals surface area contributed by atoms with E-state index in [0.717, 1.165) is 55.3 Å². The normalized spacial score (nSPS) is 32.1. The molecule has 0 bridgehead atoms. The summed E-state index contributed by atoms with van der Waals surface area (Å²) in [7, 11) is 0. The number of nitrogens with zero attached hydrogens (tertiary/aromatic N) is 1. The number of nitrogens with two attached hydrogens (primary N) is 2. The van der Waals surface area contributed by atoms with E-state index in [1.807, 2.05) is 32.6 Å². The monoisotopic (exact) mass is 531 g/mol. The molecule has 0 aromatic heterocycles. The molecule has 4 rings (SSSR count).